The van der Waals surface area contributed by atoms with Crippen molar-refractivity contribution in [3.05, 3.63) is 80.9 Å². The molecule has 2 heterocycles. The van der Waals surface area contributed by atoms with Crippen molar-refractivity contribution in [3.8, 4) is 0 Å². The number of carbonyl (C=O) groups excluding carboxylic acids is 1. The molecule has 0 amide bonds. The van der Waals surface area contributed by atoms with E-state index >= 15 is 0 Å². The van der Waals surface area contributed by atoms with E-state index in [9.17, 15) is 9.59 Å². The number of carbonyl (C=O) groups is 1. The second kappa shape index (κ2) is 7.46. The topological polar surface area (TPSA) is 69.9 Å². The van der Waals surface area contributed by atoms with Crippen LogP contribution in [0.25, 0.3) is 5.65 Å². The van der Waals surface area contributed by atoms with Crippen molar-refractivity contribution in [2.75, 3.05) is 7.11 Å². The van der Waals surface area contributed by atoms with Gasteiger partial charge in [0.1, 0.15) is 12.3 Å². The summed E-state index contributed by atoms with van der Waals surface area (Å²) in [6.07, 6.45) is 1.49. The fraction of sp³-hybridized carbons (Fsp3) is 0.167. The molecule has 7 heteroatoms. The van der Waals surface area contributed by atoms with Crippen LogP contribution in [0.15, 0.2) is 53.5 Å². The Morgan fingerprint density at radius 3 is 2.84 bits per heavy atom. The van der Waals surface area contributed by atoms with Gasteiger partial charge in [-0.3, -0.25) is 9.20 Å². The summed E-state index contributed by atoms with van der Waals surface area (Å²) in [5.41, 5.74) is 1.80. The summed E-state index contributed by atoms with van der Waals surface area (Å²) in [5.74, 6) is -0.490. The monoisotopic (exact) mass is 358 g/mol. The maximum absolute atomic E-state index is 12.2. The summed E-state index contributed by atoms with van der Waals surface area (Å²) < 4.78 is 11.6. The molecule has 0 unspecified atom stereocenters. The van der Waals surface area contributed by atoms with Gasteiger partial charge in [0.2, 0.25) is 0 Å². The van der Waals surface area contributed by atoms with Gasteiger partial charge in [0.15, 0.2) is 0 Å². The number of esters is 1. The van der Waals surface area contributed by atoms with Crippen molar-refractivity contribution in [2.45, 2.75) is 13.2 Å². The van der Waals surface area contributed by atoms with Gasteiger partial charge in [-0.15, -0.1) is 0 Å². The minimum absolute atomic E-state index is 0.0955. The molecule has 0 bridgehead atoms. The van der Waals surface area contributed by atoms with Gasteiger partial charge in [-0.1, -0.05) is 23.7 Å². The predicted octanol–water partition coefficient (Wildman–Crippen LogP) is 2.85. The van der Waals surface area contributed by atoms with Crippen molar-refractivity contribution in [3.63, 3.8) is 0 Å². The highest BCUT2D eigenvalue weighted by Crippen LogP contribution is 2.11. The number of aromatic nitrogens is 2. The number of hydrogen-bond donors (Lipinski definition) is 0. The third-order valence-corrected chi connectivity index (χ3v) is 3.72. The number of hydrogen-bond acceptors (Lipinski definition) is 5. The number of fused-ring (bicyclic) bond motifs is 1. The molecular weight excluding hydrogens is 344 g/mol. The van der Waals surface area contributed by atoms with Gasteiger partial charge in [0, 0.05) is 19.4 Å². The molecule has 0 aliphatic carbocycles. The van der Waals surface area contributed by atoms with Gasteiger partial charge in [-0.2, -0.15) is 0 Å². The Morgan fingerprint density at radius 1 is 1.20 bits per heavy atom. The Hall–Kier alpha value is -2.70. The van der Waals surface area contributed by atoms with E-state index in [0.29, 0.717) is 28.5 Å². The van der Waals surface area contributed by atoms with Crippen LogP contribution in [0.1, 0.15) is 21.6 Å². The fourth-order valence-corrected chi connectivity index (χ4v) is 2.54. The van der Waals surface area contributed by atoms with Crippen LogP contribution in [-0.4, -0.2) is 22.5 Å². The summed E-state index contributed by atoms with van der Waals surface area (Å²) in [5, 5.41) is 0.437. The molecule has 3 aromatic rings. The van der Waals surface area contributed by atoms with Crippen molar-refractivity contribution in [1.82, 2.24) is 9.38 Å². The highest BCUT2D eigenvalue weighted by molar-refractivity contribution is 6.30. The molecule has 0 N–H and O–H groups in total. The highest BCUT2D eigenvalue weighted by Gasteiger charge is 2.10. The SMILES string of the molecule is COCc1cccc(C(=O)OCc2cc(=O)n3cc(Cl)ccc3n2)c1. The first kappa shape index (κ1) is 17.1. The molecule has 2 aromatic heterocycles. The Morgan fingerprint density at radius 2 is 2.04 bits per heavy atom. The van der Waals surface area contributed by atoms with Crippen molar-refractivity contribution >= 4 is 23.2 Å². The number of benzene rings is 1. The van der Waals surface area contributed by atoms with E-state index in [-0.39, 0.29) is 12.2 Å². The van der Waals surface area contributed by atoms with Crippen LogP contribution in [0, 0.1) is 0 Å². The molecule has 25 heavy (non-hydrogen) atoms. The standard InChI is InChI=1S/C18H15ClN2O4/c1-24-10-12-3-2-4-13(7-12)18(23)25-11-15-8-17(22)21-9-14(19)5-6-16(21)20-15/h2-9H,10-11H2,1H3. The zero-order valence-electron chi connectivity index (χ0n) is 13.4. The van der Waals surface area contributed by atoms with E-state index in [1.807, 2.05) is 6.07 Å². The van der Waals surface area contributed by atoms with Gasteiger partial charge in [0.05, 0.1) is 22.9 Å². The van der Waals surface area contributed by atoms with E-state index in [0.717, 1.165) is 5.56 Å². The minimum atomic E-state index is -0.490. The lowest BCUT2D eigenvalue weighted by Gasteiger charge is -2.07. The van der Waals surface area contributed by atoms with E-state index in [4.69, 9.17) is 21.1 Å². The summed E-state index contributed by atoms with van der Waals surface area (Å²) in [7, 11) is 1.59. The van der Waals surface area contributed by atoms with E-state index in [1.54, 1.807) is 37.4 Å². The van der Waals surface area contributed by atoms with Crippen LogP contribution in [0.2, 0.25) is 5.02 Å². The van der Waals surface area contributed by atoms with Gasteiger partial charge >= 0.3 is 5.97 Å². The van der Waals surface area contributed by atoms with Gasteiger partial charge in [0.25, 0.3) is 5.56 Å². The molecule has 6 nitrogen and oxygen atoms in total. The van der Waals surface area contributed by atoms with E-state index in [1.165, 1.54) is 16.7 Å². The van der Waals surface area contributed by atoms with Crippen molar-refractivity contribution in [1.29, 1.82) is 0 Å². The van der Waals surface area contributed by atoms with E-state index in [2.05, 4.69) is 4.98 Å². The average Bonchev–Trinajstić information content (AvgIpc) is 2.61. The smallest absolute Gasteiger partial charge is 0.338 e. The van der Waals surface area contributed by atoms with Crippen LogP contribution in [0.3, 0.4) is 0 Å². The summed E-state index contributed by atoms with van der Waals surface area (Å²) >= 11 is 5.87. The van der Waals surface area contributed by atoms with Crippen LogP contribution < -0.4 is 5.56 Å². The molecule has 3 rings (SSSR count). The number of halogens is 1. The highest BCUT2D eigenvalue weighted by atomic mass is 35.5. The molecule has 0 fully saturated rings. The predicted molar refractivity (Wildman–Crippen MR) is 92.7 cm³/mol. The van der Waals surface area contributed by atoms with Crippen LogP contribution in [0.4, 0.5) is 0 Å². The number of ether oxygens (including phenoxy) is 2. The molecular formula is C18H15ClN2O4. The first-order chi connectivity index (χ1) is 12.1. The summed E-state index contributed by atoms with van der Waals surface area (Å²) in [6.45, 7) is 0.314. The lowest BCUT2D eigenvalue weighted by Crippen LogP contribution is -2.16. The second-order valence-corrected chi connectivity index (χ2v) is 5.81. The fourth-order valence-electron chi connectivity index (χ4n) is 2.38. The van der Waals surface area contributed by atoms with Crippen LogP contribution in [0.5, 0.6) is 0 Å². The Labute approximate surface area is 148 Å². The number of pyridine rings is 1. The molecule has 0 saturated carbocycles. The van der Waals surface area contributed by atoms with Gasteiger partial charge in [-0.25, -0.2) is 9.78 Å². The lowest BCUT2D eigenvalue weighted by molar-refractivity contribution is 0.0467. The Bertz CT molecular complexity index is 984. The van der Waals surface area contributed by atoms with Gasteiger partial charge in [-0.05, 0) is 29.8 Å². The number of rotatable bonds is 5. The molecule has 0 aliphatic rings. The van der Waals surface area contributed by atoms with E-state index < -0.39 is 5.97 Å². The molecule has 0 atom stereocenters. The average molecular weight is 359 g/mol. The molecule has 0 spiro atoms. The quantitative estimate of drug-likeness (QED) is 0.656. The van der Waals surface area contributed by atoms with Crippen molar-refractivity contribution < 1.29 is 14.3 Å². The van der Waals surface area contributed by atoms with Crippen LogP contribution >= 0.6 is 11.6 Å². The number of nitrogens with zero attached hydrogens (tertiary/aromatic N) is 2. The summed E-state index contributed by atoms with van der Waals surface area (Å²) in [4.78, 5) is 28.6. The maximum Gasteiger partial charge on any atom is 0.338 e. The second-order valence-electron chi connectivity index (χ2n) is 5.37. The first-order valence-corrected chi connectivity index (χ1v) is 7.87. The largest absolute Gasteiger partial charge is 0.456 e. The first-order valence-electron chi connectivity index (χ1n) is 7.49. The third-order valence-electron chi connectivity index (χ3n) is 3.50. The summed E-state index contributed by atoms with van der Waals surface area (Å²) in [6, 6.07) is 11.6. The molecule has 0 aliphatic heterocycles. The van der Waals surface area contributed by atoms with Crippen molar-refractivity contribution in [2.24, 2.45) is 0 Å². The Balaban J connectivity index is 1.76. The molecule has 1 aromatic carbocycles. The maximum atomic E-state index is 12.2. The zero-order chi connectivity index (χ0) is 17.8. The normalized spacial score (nSPS) is 10.8. The minimum Gasteiger partial charge on any atom is -0.456 e. The molecule has 128 valence electrons. The third kappa shape index (κ3) is 4.04. The zero-order valence-corrected chi connectivity index (χ0v) is 14.2. The Kier molecular flexibility index (Phi) is 5.11. The molecule has 0 radical (unpaired) electrons. The lowest BCUT2D eigenvalue weighted by atomic mass is 10.1. The number of methoxy groups -OCH3 is 1. The van der Waals surface area contributed by atoms with Crippen LogP contribution in [-0.2, 0) is 22.7 Å². The van der Waals surface area contributed by atoms with Gasteiger partial charge < -0.3 is 9.47 Å². The molecule has 0 saturated heterocycles.